The predicted molar refractivity (Wildman–Crippen MR) is 147 cm³/mol. The topological polar surface area (TPSA) is 141 Å². The van der Waals surface area contributed by atoms with E-state index in [9.17, 15) is 22.8 Å². The molecule has 0 bridgehead atoms. The lowest BCUT2D eigenvalue weighted by Crippen LogP contribution is -2.53. The van der Waals surface area contributed by atoms with Crippen molar-refractivity contribution in [3.8, 4) is 11.5 Å². The summed E-state index contributed by atoms with van der Waals surface area (Å²) in [4.78, 5) is 30.3. The Balaban J connectivity index is 1.37. The maximum atomic E-state index is 13.6. The number of rotatable bonds is 8. The fraction of sp³-hybridized carbons (Fsp3) is 0.500. The third-order valence-electron chi connectivity index (χ3n) is 6.88. The van der Waals surface area contributed by atoms with Gasteiger partial charge in [0.25, 0.3) is 11.8 Å². The molecule has 5 heterocycles. The van der Waals surface area contributed by atoms with Crippen LogP contribution in [0.15, 0.2) is 28.4 Å². The molecule has 1 saturated heterocycles. The number of nitrogens with one attached hydrogen (secondary N) is 3. The van der Waals surface area contributed by atoms with E-state index in [4.69, 9.17) is 9.26 Å². The van der Waals surface area contributed by atoms with Crippen molar-refractivity contribution in [3.05, 3.63) is 40.9 Å². The molecule has 0 aliphatic carbocycles. The second kappa shape index (κ2) is 11.5. The maximum absolute atomic E-state index is 13.6. The van der Waals surface area contributed by atoms with Crippen molar-refractivity contribution in [2.75, 3.05) is 20.2 Å². The number of carbonyl (C=O) groups excluding carboxylic acids is 2. The number of carbonyl (C=O) groups is 2. The van der Waals surface area contributed by atoms with Crippen LogP contribution >= 0.6 is 11.3 Å². The minimum absolute atomic E-state index is 0.000779. The van der Waals surface area contributed by atoms with Gasteiger partial charge >= 0.3 is 6.18 Å². The van der Waals surface area contributed by atoms with Crippen LogP contribution in [0.4, 0.5) is 13.2 Å². The van der Waals surface area contributed by atoms with Crippen LogP contribution in [0.5, 0.6) is 0 Å². The molecule has 12 nitrogen and oxygen atoms in total. The minimum Gasteiger partial charge on any atom is -0.378 e. The molecule has 0 radical (unpaired) electrons. The number of methoxy groups -OCH3 is 1. The number of halogens is 3. The molecule has 5 rings (SSSR count). The van der Waals surface area contributed by atoms with Crippen LogP contribution in [0.1, 0.15) is 53.8 Å². The number of hydrogen-bond acceptors (Lipinski definition) is 9. The number of ether oxygens (including phenoxy) is 1. The number of alkyl halides is 3. The van der Waals surface area contributed by atoms with Crippen LogP contribution in [0.2, 0.25) is 0 Å². The highest BCUT2D eigenvalue weighted by atomic mass is 32.1. The van der Waals surface area contributed by atoms with E-state index in [1.165, 1.54) is 12.3 Å². The number of hydrogen-bond donors (Lipinski definition) is 3. The van der Waals surface area contributed by atoms with Gasteiger partial charge in [-0.05, 0) is 39.8 Å². The molecule has 4 aromatic heterocycles. The number of thiophene rings is 1. The van der Waals surface area contributed by atoms with Gasteiger partial charge in [0, 0.05) is 30.6 Å². The van der Waals surface area contributed by atoms with Crippen LogP contribution < -0.4 is 16.0 Å². The summed E-state index contributed by atoms with van der Waals surface area (Å²) in [5.41, 5.74) is 0.306. The van der Waals surface area contributed by atoms with Crippen LogP contribution in [0.3, 0.4) is 0 Å². The zero-order chi connectivity index (χ0) is 30.2. The van der Waals surface area contributed by atoms with Crippen molar-refractivity contribution < 1.29 is 32.0 Å². The summed E-state index contributed by atoms with van der Waals surface area (Å²) in [6.45, 7) is 5.66. The van der Waals surface area contributed by atoms with Gasteiger partial charge in [0.1, 0.15) is 11.4 Å². The van der Waals surface area contributed by atoms with Crippen molar-refractivity contribution in [2.24, 2.45) is 0 Å². The van der Waals surface area contributed by atoms with Crippen molar-refractivity contribution in [1.29, 1.82) is 0 Å². The average Bonchev–Trinajstić information content (AvgIpc) is 3.71. The van der Waals surface area contributed by atoms with Crippen LogP contribution in [0, 0.1) is 0 Å². The summed E-state index contributed by atoms with van der Waals surface area (Å²) in [6.07, 6.45) is -1.08. The van der Waals surface area contributed by atoms with E-state index in [2.05, 4.69) is 31.2 Å². The molecule has 2 atom stereocenters. The Morgan fingerprint density at radius 3 is 2.74 bits per heavy atom. The molecular weight excluding hydrogens is 577 g/mol. The molecule has 226 valence electrons. The van der Waals surface area contributed by atoms with E-state index in [0.29, 0.717) is 30.5 Å². The van der Waals surface area contributed by atoms with E-state index < -0.39 is 24.5 Å². The van der Waals surface area contributed by atoms with E-state index >= 15 is 0 Å². The molecule has 3 N–H and O–H groups in total. The molecule has 0 spiro atoms. The average molecular weight is 609 g/mol. The molecule has 16 heteroatoms. The highest BCUT2D eigenvalue weighted by molar-refractivity contribution is 7.17. The van der Waals surface area contributed by atoms with Gasteiger partial charge < -0.3 is 29.8 Å². The molecule has 2 amide bonds. The first-order valence-electron chi connectivity index (χ1n) is 13.2. The molecule has 1 fully saturated rings. The van der Waals surface area contributed by atoms with E-state index in [1.54, 1.807) is 23.4 Å². The maximum Gasteiger partial charge on any atom is 0.406 e. The summed E-state index contributed by atoms with van der Waals surface area (Å²) in [5, 5.41) is 18.8. The monoisotopic (exact) mass is 608 g/mol. The van der Waals surface area contributed by atoms with E-state index in [-0.39, 0.29) is 52.0 Å². The number of fused-ring (bicyclic) bond motifs is 1. The van der Waals surface area contributed by atoms with Gasteiger partial charge in [-0.25, -0.2) is 0 Å². The van der Waals surface area contributed by atoms with Crippen LogP contribution in [-0.2, 0) is 23.4 Å². The smallest absolute Gasteiger partial charge is 0.378 e. The van der Waals surface area contributed by atoms with Gasteiger partial charge in [0.15, 0.2) is 0 Å². The molecule has 0 unspecified atom stereocenters. The van der Waals surface area contributed by atoms with Crippen LogP contribution in [-0.4, -0.2) is 74.8 Å². The van der Waals surface area contributed by atoms with Gasteiger partial charge in [-0.1, -0.05) is 5.16 Å². The number of piperidine rings is 1. The fourth-order valence-corrected chi connectivity index (χ4v) is 5.76. The third-order valence-corrected chi connectivity index (χ3v) is 7.90. The Kier molecular flexibility index (Phi) is 8.13. The number of nitrogens with zero attached hydrogens (tertiary/aromatic N) is 5. The Morgan fingerprint density at radius 1 is 1.26 bits per heavy atom. The van der Waals surface area contributed by atoms with Gasteiger partial charge in [0.05, 0.1) is 47.2 Å². The zero-order valence-corrected chi connectivity index (χ0v) is 24.2. The largest absolute Gasteiger partial charge is 0.406 e. The Bertz CT molecular complexity index is 1580. The third kappa shape index (κ3) is 6.34. The summed E-state index contributed by atoms with van der Waals surface area (Å²) in [6, 6.07) is 1.21. The standard InChI is InChI=1S/C26H31F3N8O4S/c1-25(2,3)37-11-14(8-32-37)22(38)31-10-20-34-21(35-41-20)18-7-15-16(12-42-24(15)36(18)13-26(27,28)29)23(39)33-17-5-6-30-9-19(17)40-4/h7-8,11-12,17,19,30H,5-6,9-10,13H2,1-4H3,(H,31,38)(H,33,39)/t17-,19+/m1/s1. The Labute approximate surface area is 242 Å². The van der Waals surface area contributed by atoms with Gasteiger partial charge in [-0.2, -0.15) is 23.3 Å². The van der Waals surface area contributed by atoms with Crippen molar-refractivity contribution >= 4 is 33.4 Å². The highest BCUT2D eigenvalue weighted by Crippen LogP contribution is 2.36. The Hall–Kier alpha value is -3.76. The molecule has 0 saturated carbocycles. The van der Waals surface area contributed by atoms with Gasteiger partial charge in [-0.15, -0.1) is 11.3 Å². The minimum atomic E-state index is -4.55. The lowest BCUT2D eigenvalue weighted by molar-refractivity contribution is -0.139. The fourth-order valence-electron chi connectivity index (χ4n) is 4.71. The highest BCUT2D eigenvalue weighted by Gasteiger charge is 2.33. The van der Waals surface area contributed by atoms with Crippen molar-refractivity contribution in [3.63, 3.8) is 0 Å². The van der Waals surface area contributed by atoms with Crippen molar-refractivity contribution in [1.82, 2.24) is 40.4 Å². The van der Waals surface area contributed by atoms with Gasteiger partial charge in [-0.3, -0.25) is 14.3 Å². The lowest BCUT2D eigenvalue weighted by atomic mass is 10.0. The first-order valence-corrected chi connectivity index (χ1v) is 14.1. The van der Waals surface area contributed by atoms with Gasteiger partial charge in [0.2, 0.25) is 11.7 Å². The lowest BCUT2D eigenvalue weighted by Gasteiger charge is -2.31. The Morgan fingerprint density at radius 2 is 2.05 bits per heavy atom. The second-order valence-corrected chi connectivity index (χ2v) is 11.8. The normalized spacial score (nSPS) is 18.0. The first kappa shape index (κ1) is 29.7. The molecule has 42 heavy (non-hydrogen) atoms. The van der Waals surface area contributed by atoms with E-state index in [0.717, 1.165) is 15.9 Å². The summed E-state index contributed by atoms with van der Waals surface area (Å²) >= 11 is 1.02. The zero-order valence-electron chi connectivity index (χ0n) is 23.4. The second-order valence-electron chi connectivity index (χ2n) is 11.0. The molecular formula is C26H31F3N8O4S. The predicted octanol–water partition coefficient (Wildman–Crippen LogP) is 3.30. The van der Waals surface area contributed by atoms with E-state index in [1.807, 2.05) is 20.8 Å². The first-order chi connectivity index (χ1) is 19.8. The molecule has 1 aliphatic heterocycles. The molecule has 0 aromatic carbocycles. The SMILES string of the molecule is CO[C@H]1CNCC[C@H]1NC(=O)c1csc2c1cc(-c1noc(CNC(=O)c3cnn(C(C)(C)C)c3)n1)n2CC(F)(F)F. The summed E-state index contributed by atoms with van der Waals surface area (Å²) in [5.74, 6) is -0.931. The van der Waals surface area contributed by atoms with Crippen LogP contribution in [0.25, 0.3) is 21.7 Å². The summed E-state index contributed by atoms with van der Waals surface area (Å²) in [7, 11) is 1.56. The molecule has 1 aliphatic rings. The molecule has 4 aromatic rings. The number of aromatic nitrogens is 5. The number of amides is 2. The van der Waals surface area contributed by atoms with Crippen molar-refractivity contribution in [2.45, 2.75) is 64.1 Å². The summed E-state index contributed by atoms with van der Waals surface area (Å²) < 4.78 is 54.2. The quantitative estimate of drug-likeness (QED) is 0.277.